The molecule has 6 heteroatoms. The third-order valence-corrected chi connectivity index (χ3v) is 4.15. The summed E-state index contributed by atoms with van der Waals surface area (Å²) in [6, 6.07) is 12.5. The molecule has 0 bridgehead atoms. The van der Waals surface area contributed by atoms with Crippen LogP contribution in [0.5, 0.6) is 0 Å². The fourth-order valence-electron chi connectivity index (χ4n) is 2.67. The number of hydrogen-bond acceptors (Lipinski definition) is 4. The van der Waals surface area contributed by atoms with Crippen LogP contribution < -0.4 is 10.6 Å². The quantitative estimate of drug-likeness (QED) is 0.731. The maximum absolute atomic E-state index is 12.6. The van der Waals surface area contributed by atoms with Crippen molar-refractivity contribution < 1.29 is 9.59 Å². The first-order chi connectivity index (χ1) is 13.0. The molecular formula is C21H20N4O2. The predicted molar refractivity (Wildman–Crippen MR) is 104 cm³/mol. The summed E-state index contributed by atoms with van der Waals surface area (Å²) in [4.78, 5) is 33.0. The lowest BCUT2D eigenvalue weighted by atomic mass is 10.1. The number of para-hydroxylation sites is 1. The van der Waals surface area contributed by atoms with Crippen LogP contribution in [0.25, 0.3) is 0 Å². The van der Waals surface area contributed by atoms with E-state index in [1.807, 2.05) is 44.2 Å². The number of pyridine rings is 2. The molecule has 27 heavy (non-hydrogen) atoms. The van der Waals surface area contributed by atoms with Crippen molar-refractivity contribution >= 4 is 17.5 Å². The smallest absolute Gasteiger partial charge is 0.274 e. The van der Waals surface area contributed by atoms with Gasteiger partial charge in [0.1, 0.15) is 5.69 Å². The molecule has 0 saturated heterocycles. The zero-order valence-electron chi connectivity index (χ0n) is 15.2. The van der Waals surface area contributed by atoms with Crippen LogP contribution in [0.3, 0.4) is 0 Å². The number of nitrogens with one attached hydrogen (secondary N) is 2. The molecule has 2 amide bonds. The van der Waals surface area contributed by atoms with Crippen LogP contribution in [-0.4, -0.2) is 21.8 Å². The molecule has 0 saturated carbocycles. The first-order valence-corrected chi connectivity index (χ1v) is 8.55. The van der Waals surface area contributed by atoms with E-state index in [9.17, 15) is 9.59 Å². The molecule has 3 aromatic rings. The number of anilines is 1. The van der Waals surface area contributed by atoms with Gasteiger partial charge in [0, 0.05) is 36.4 Å². The highest BCUT2D eigenvalue weighted by molar-refractivity contribution is 6.05. The molecule has 0 atom stereocenters. The summed E-state index contributed by atoms with van der Waals surface area (Å²) in [5, 5.41) is 5.69. The Hall–Kier alpha value is -3.54. The normalized spacial score (nSPS) is 10.3. The lowest BCUT2D eigenvalue weighted by molar-refractivity contribution is 0.0950. The van der Waals surface area contributed by atoms with Crippen molar-refractivity contribution in [2.45, 2.75) is 20.4 Å². The molecule has 136 valence electrons. The molecule has 0 radical (unpaired) electrons. The lowest BCUT2D eigenvalue weighted by Gasteiger charge is -2.11. The minimum atomic E-state index is -0.352. The number of aryl methyl sites for hydroxylation is 2. The third kappa shape index (κ3) is 4.55. The molecule has 1 aromatic carbocycles. The van der Waals surface area contributed by atoms with Gasteiger partial charge in [0.15, 0.2) is 0 Å². The van der Waals surface area contributed by atoms with E-state index in [1.165, 1.54) is 12.3 Å². The SMILES string of the molecule is Cc1cccc(C)c1NC(=O)c1cc(C(=O)NCc2cccnc2)ccn1. The van der Waals surface area contributed by atoms with Gasteiger partial charge < -0.3 is 10.6 Å². The van der Waals surface area contributed by atoms with E-state index in [4.69, 9.17) is 0 Å². The summed E-state index contributed by atoms with van der Waals surface area (Å²) in [6.45, 7) is 4.22. The van der Waals surface area contributed by atoms with Gasteiger partial charge >= 0.3 is 0 Å². The van der Waals surface area contributed by atoms with E-state index in [2.05, 4.69) is 20.6 Å². The van der Waals surface area contributed by atoms with Gasteiger partial charge in [-0.05, 0) is 48.7 Å². The number of nitrogens with zero attached hydrogens (tertiary/aromatic N) is 2. The molecule has 0 fully saturated rings. The van der Waals surface area contributed by atoms with Crippen molar-refractivity contribution in [1.82, 2.24) is 15.3 Å². The van der Waals surface area contributed by atoms with Gasteiger partial charge in [-0.2, -0.15) is 0 Å². The van der Waals surface area contributed by atoms with Gasteiger partial charge in [-0.3, -0.25) is 19.6 Å². The standard InChI is InChI=1S/C21H20N4O2/c1-14-5-3-6-15(2)19(14)25-21(27)18-11-17(8-10-23-18)20(26)24-13-16-7-4-9-22-12-16/h3-12H,13H2,1-2H3,(H,24,26)(H,25,27). The third-order valence-electron chi connectivity index (χ3n) is 4.15. The van der Waals surface area contributed by atoms with E-state index >= 15 is 0 Å². The summed E-state index contributed by atoms with van der Waals surface area (Å²) in [5.41, 5.74) is 4.15. The number of benzene rings is 1. The largest absolute Gasteiger partial charge is 0.348 e. The van der Waals surface area contributed by atoms with Crippen LogP contribution >= 0.6 is 0 Å². The Morgan fingerprint density at radius 3 is 2.44 bits per heavy atom. The summed E-state index contributed by atoms with van der Waals surface area (Å²) in [5.74, 6) is -0.628. The number of aromatic nitrogens is 2. The van der Waals surface area contributed by atoms with E-state index in [0.717, 1.165) is 22.4 Å². The Balaban J connectivity index is 1.71. The second-order valence-corrected chi connectivity index (χ2v) is 6.19. The average molecular weight is 360 g/mol. The summed E-state index contributed by atoms with van der Waals surface area (Å²) in [7, 11) is 0. The summed E-state index contributed by atoms with van der Waals surface area (Å²) >= 11 is 0. The predicted octanol–water partition coefficient (Wildman–Crippen LogP) is 3.28. The maximum Gasteiger partial charge on any atom is 0.274 e. The molecule has 0 aliphatic rings. The molecular weight excluding hydrogens is 340 g/mol. The van der Waals surface area contributed by atoms with Crippen LogP contribution in [0.1, 0.15) is 37.5 Å². The molecule has 3 rings (SSSR count). The minimum Gasteiger partial charge on any atom is -0.348 e. The molecule has 0 aliphatic heterocycles. The van der Waals surface area contributed by atoms with Crippen molar-refractivity contribution in [3.63, 3.8) is 0 Å². The van der Waals surface area contributed by atoms with E-state index in [0.29, 0.717) is 12.1 Å². The number of carbonyl (C=O) groups is 2. The molecule has 2 heterocycles. The molecule has 0 aliphatic carbocycles. The Morgan fingerprint density at radius 2 is 1.74 bits per heavy atom. The highest BCUT2D eigenvalue weighted by Gasteiger charge is 2.14. The molecule has 2 N–H and O–H groups in total. The highest BCUT2D eigenvalue weighted by Crippen LogP contribution is 2.20. The molecule has 2 aromatic heterocycles. The zero-order valence-corrected chi connectivity index (χ0v) is 15.2. The van der Waals surface area contributed by atoms with E-state index in [-0.39, 0.29) is 17.5 Å². The zero-order chi connectivity index (χ0) is 19.2. The van der Waals surface area contributed by atoms with Crippen molar-refractivity contribution in [2.24, 2.45) is 0 Å². The van der Waals surface area contributed by atoms with Crippen LogP contribution in [-0.2, 0) is 6.54 Å². The summed E-state index contributed by atoms with van der Waals surface area (Å²) < 4.78 is 0. The van der Waals surface area contributed by atoms with E-state index < -0.39 is 0 Å². The first-order valence-electron chi connectivity index (χ1n) is 8.55. The van der Waals surface area contributed by atoms with Gasteiger partial charge in [-0.25, -0.2) is 0 Å². The number of rotatable bonds is 5. The van der Waals surface area contributed by atoms with Gasteiger partial charge in [0.05, 0.1) is 0 Å². The van der Waals surface area contributed by atoms with Crippen molar-refractivity contribution in [3.05, 3.63) is 89.0 Å². The van der Waals surface area contributed by atoms with Crippen LogP contribution in [0.15, 0.2) is 61.1 Å². The number of amides is 2. The van der Waals surface area contributed by atoms with Crippen molar-refractivity contribution in [1.29, 1.82) is 0 Å². The maximum atomic E-state index is 12.6. The topological polar surface area (TPSA) is 84.0 Å². The fraction of sp³-hybridized carbons (Fsp3) is 0.143. The van der Waals surface area contributed by atoms with Gasteiger partial charge in [-0.1, -0.05) is 24.3 Å². The Bertz CT molecular complexity index is 951. The Labute approximate surface area is 157 Å². The Morgan fingerprint density at radius 1 is 0.963 bits per heavy atom. The minimum absolute atomic E-state index is 0.187. The van der Waals surface area contributed by atoms with Crippen molar-refractivity contribution in [2.75, 3.05) is 5.32 Å². The number of hydrogen-bond donors (Lipinski definition) is 2. The van der Waals surface area contributed by atoms with E-state index in [1.54, 1.807) is 18.5 Å². The second-order valence-electron chi connectivity index (χ2n) is 6.19. The lowest BCUT2D eigenvalue weighted by Crippen LogP contribution is -2.24. The monoisotopic (exact) mass is 360 g/mol. The number of carbonyl (C=O) groups excluding carboxylic acids is 2. The molecule has 0 unspecified atom stereocenters. The highest BCUT2D eigenvalue weighted by atomic mass is 16.2. The van der Waals surface area contributed by atoms with Crippen molar-refractivity contribution in [3.8, 4) is 0 Å². The molecule has 6 nitrogen and oxygen atoms in total. The fourth-order valence-corrected chi connectivity index (χ4v) is 2.67. The molecule has 0 spiro atoms. The average Bonchev–Trinajstić information content (AvgIpc) is 2.70. The van der Waals surface area contributed by atoms with Gasteiger partial charge in [0.2, 0.25) is 0 Å². The van der Waals surface area contributed by atoms with Gasteiger partial charge in [-0.15, -0.1) is 0 Å². The first kappa shape index (κ1) is 18.3. The second kappa shape index (κ2) is 8.23. The van der Waals surface area contributed by atoms with Crippen LogP contribution in [0.2, 0.25) is 0 Å². The Kier molecular flexibility index (Phi) is 5.56. The van der Waals surface area contributed by atoms with Crippen LogP contribution in [0, 0.1) is 13.8 Å². The van der Waals surface area contributed by atoms with Gasteiger partial charge in [0.25, 0.3) is 11.8 Å². The summed E-state index contributed by atoms with van der Waals surface area (Å²) in [6.07, 6.45) is 4.82. The van der Waals surface area contributed by atoms with Crippen LogP contribution in [0.4, 0.5) is 5.69 Å².